The van der Waals surface area contributed by atoms with E-state index in [0.29, 0.717) is 29.5 Å². The van der Waals surface area contributed by atoms with Crippen LogP contribution in [0.3, 0.4) is 0 Å². The molecule has 0 bridgehead atoms. The molecule has 2 N–H and O–H groups in total. The summed E-state index contributed by atoms with van der Waals surface area (Å²) in [6.45, 7) is 8.78. The Morgan fingerprint density at radius 3 is 2.38 bits per heavy atom. The number of thiocarbonyl (C=S) groups is 1. The van der Waals surface area contributed by atoms with Crippen molar-refractivity contribution in [3.63, 3.8) is 0 Å². The van der Waals surface area contributed by atoms with Gasteiger partial charge in [0.25, 0.3) is 0 Å². The van der Waals surface area contributed by atoms with Gasteiger partial charge < -0.3 is 20.3 Å². The van der Waals surface area contributed by atoms with E-state index in [9.17, 15) is 14.0 Å². The number of benzene rings is 2. The number of halogens is 1. The number of rotatable bonds is 8. The Kier molecular flexibility index (Phi) is 8.39. The van der Waals surface area contributed by atoms with Crippen LogP contribution in [0.5, 0.6) is 0 Å². The summed E-state index contributed by atoms with van der Waals surface area (Å²) in [6, 6.07) is 12.6. The molecule has 0 aliphatic carbocycles. The summed E-state index contributed by atoms with van der Waals surface area (Å²) in [7, 11) is 0. The minimum Gasteiger partial charge on any atom is -0.462 e. The van der Waals surface area contributed by atoms with Crippen LogP contribution in [0.25, 0.3) is 0 Å². The molecular weight excluding hydrogens is 453 g/mol. The number of nitrogens with zero attached hydrogens (tertiary/aromatic N) is 1. The van der Waals surface area contributed by atoms with E-state index in [1.165, 1.54) is 12.1 Å². The molecule has 0 fully saturated rings. The second kappa shape index (κ2) is 11.2. The molecule has 1 aliphatic heterocycles. The van der Waals surface area contributed by atoms with Crippen molar-refractivity contribution in [2.24, 2.45) is 5.92 Å². The Bertz CT molecular complexity index is 1080. The molecule has 1 atom stereocenters. The molecule has 0 spiro atoms. The van der Waals surface area contributed by atoms with Gasteiger partial charge in [-0.3, -0.25) is 4.79 Å². The summed E-state index contributed by atoms with van der Waals surface area (Å²) in [5.74, 6) is -0.694. The summed E-state index contributed by atoms with van der Waals surface area (Å²) in [5.41, 5.74) is 3.45. The van der Waals surface area contributed by atoms with Crippen LogP contribution < -0.4 is 10.6 Å². The van der Waals surface area contributed by atoms with Crippen molar-refractivity contribution < 1.29 is 18.7 Å². The summed E-state index contributed by atoms with van der Waals surface area (Å²) in [6.07, 6.45) is 0.140. The van der Waals surface area contributed by atoms with Crippen LogP contribution in [0.1, 0.15) is 44.9 Å². The number of esters is 1. The van der Waals surface area contributed by atoms with Crippen molar-refractivity contribution in [1.82, 2.24) is 10.2 Å². The standard InChI is InChI=1S/C26H30FN3O3S/c1-5-30-17(4)23(25(32)33-15-16(2)3)24(29-26(30)34)19-8-12-21(13-9-19)28-22(31)14-18-6-10-20(27)11-7-18/h6-13,16,24H,5,14-15H2,1-4H3,(H,28,31)(H,29,34)/t24-/m0/s1. The zero-order chi connectivity index (χ0) is 24.8. The van der Waals surface area contributed by atoms with Crippen LogP contribution in [-0.4, -0.2) is 35.0 Å². The van der Waals surface area contributed by atoms with Gasteiger partial charge in [-0.15, -0.1) is 0 Å². The minimum atomic E-state index is -0.459. The van der Waals surface area contributed by atoms with Gasteiger partial charge in [-0.25, -0.2) is 9.18 Å². The predicted octanol–water partition coefficient (Wildman–Crippen LogP) is 4.73. The highest BCUT2D eigenvalue weighted by atomic mass is 32.1. The summed E-state index contributed by atoms with van der Waals surface area (Å²) < 4.78 is 18.6. The molecule has 0 radical (unpaired) electrons. The van der Waals surface area contributed by atoms with Crippen LogP contribution in [-0.2, 0) is 20.7 Å². The number of hydrogen-bond donors (Lipinski definition) is 2. The number of anilines is 1. The molecule has 34 heavy (non-hydrogen) atoms. The summed E-state index contributed by atoms with van der Waals surface area (Å²) in [4.78, 5) is 27.2. The molecule has 1 aliphatic rings. The van der Waals surface area contributed by atoms with Gasteiger partial charge in [0.1, 0.15) is 5.82 Å². The number of hydrogen-bond acceptors (Lipinski definition) is 4. The highest BCUT2D eigenvalue weighted by Gasteiger charge is 2.34. The molecule has 180 valence electrons. The Balaban J connectivity index is 1.78. The molecule has 0 unspecified atom stereocenters. The fraction of sp³-hybridized carbons (Fsp3) is 0.346. The van der Waals surface area contributed by atoms with Crippen LogP contribution in [0.15, 0.2) is 59.8 Å². The molecule has 0 aromatic heterocycles. The lowest BCUT2D eigenvalue weighted by Crippen LogP contribution is -2.47. The first-order valence-corrected chi connectivity index (χ1v) is 11.7. The maximum absolute atomic E-state index is 13.1. The Morgan fingerprint density at radius 2 is 1.79 bits per heavy atom. The van der Waals surface area contributed by atoms with Crippen molar-refractivity contribution in [1.29, 1.82) is 0 Å². The van der Waals surface area contributed by atoms with Crippen molar-refractivity contribution in [3.05, 3.63) is 76.7 Å². The second-order valence-corrected chi connectivity index (χ2v) is 8.98. The van der Waals surface area contributed by atoms with E-state index in [2.05, 4.69) is 10.6 Å². The van der Waals surface area contributed by atoms with E-state index in [1.54, 1.807) is 24.3 Å². The summed E-state index contributed by atoms with van der Waals surface area (Å²) in [5, 5.41) is 6.65. The third-order valence-electron chi connectivity index (χ3n) is 5.49. The first-order valence-electron chi connectivity index (χ1n) is 11.3. The number of carbonyl (C=O) groups excluding carboxylic acids is 2. The highest BCUT2D eigenvalue weighted by Crippen LogP contribution is 2.32. The molecule has 6 nitrogen and oxygen atoms in total. The van der Waals surface area contributed by atoms with Gasteiger partial charge >= 0.3 is 5.97 Å². The second-order valence-electron chi connectivity index (χ2n) is 8.59. The van der Waals surface area contributed by atoms with Gasteiger partial charge in [-0.05, 0) is 67.4 Å². The summed E-state index contributed by atoms with van der Waals surface area (Å²) >= 11 is 5.53. The number of amides is 1. The molecule has 1 heterocycles. The zero-order valence-electron chi connectivity index (χ0n) is 19.9. The van der Waals surface area contributed by atoms with Gasteiger partial charge in [-0.2, -0.15) is 0 Å². The lowest BCUT2D eigenvalue weighted by atomic mass is 9.94. The number of ether oxygens (including phenoxy) is 1. The molecule has 1 amide bonds. The van der Waals surface area contributed by atoms with Crippen molar-refractivity contribution in [2.45, 2.75) is 40.2 Å². The van der Waals surface area contributed by atoms with Crippen molar-refractivity contribution in [2.75, 3.05) is 18.5 Å². The molecule has 0 saturated carbocycles. The normalized spacial score (nSPS) is 15.9. The SMILES string of the molecule is CCN1C(=S)N[C@@H](c2ccc(NC(=O)Cc3ccc(F)cc3)cc2)C(C(=O)OCC(C)C)=C1C. The molecule has 3 rings (SSSR count). The van der Waals surface area contributed by atoms with E-state index >= 15 is 0 Å². The maximum Gasteiger partial charge on any atom is 0.338 e. The Labute approximate surface area is 205 Å². The van der Waals surface area contributed by atoms with E-state index in [0.717, 1.165) is 16.8 Å². The molecule has 2 aromatic carbocycles. The third kappa shape index (κ3) is 6.20. The quantitative estimate of drug-likeness (QED) is 0.418. The third-order valence-corrected chi connectivity index (χ3v) is 5.82. The average Bonchev–Trinajstić information content (AvgIpc) is 2.79. The van der Waals surface area contributed by atoms with E-state index in [4.69, 9.17) is 17.0 Å². The molecular formula is C26H30FN3O3S. The Hall–Kier alpha value is -3.26. The Morgan fingerprint density at radius 1 is 1.15 bits per heavy atom. The fourth-order valence-corrected chi connectivity index (χ4v) is 4.13. The smallest absolute Gasteiger partial charge is 0.338 e. The number of allylic oxidation sites excluding steroid dienone is 1. The van der Waals surface area contributed by atoms with Crippen molar-refractivity contribution >= 4 is 34.9 Å². The van der Waals surface area contributed by atoms with Crippen molar-refractivity contribution in [3.8, 4) is 0 Å². The molecule has 0 saturated heterocycles. The first-order chi connectivity index (χ1) is 16.2. The fourth-order valence-electron chi connectivity index (χ4n) is 3.75. The van der Waals surface area contributed by atoms with E-state index in [-0.39, 0.29) is 30.0 Å². The largest absolute Gasteiger partial charge is 0.462 e. The number of nitrogens with one attached hydrogen (secondary N) is 2. The van der Waals surface area contributed by atoms with Gasteiger partial charge in [0.2, 0.25) is 5.91 Å². The molecule has 2 aromatic rings. The van der Waals surface area contributed by atoms with Gasteiger partial charge in [0, 0.05) is 17.9 Å². The highest BCUT2D eigenvalue weighted by molar-refractivity contribution is 7.80. The van der Waals surface area contributed by atoms with Gasteiger partial charge in [0.05, 0.1) is 24.6 Å². The van der Waals surface area contributed by atoms with Crippen LogP contribution in [0.4, 0.5) is 10.1 Å². The minimum absolute atomic E-state index is 0.140. The van der Waals surface area contributed by atoms with Crippen LogP contribution in [0, 0.1) is 11.7 Å². The van der Waals surface area contributed by atoms with Crippen LogP contribution in [0.2, 0.25) is 0 Å². The number of carbonyl (C=O) groups is 2. The lowest BCUT2D eigenvalue weighted by Gasteiger charge is -2.37. The van der Waals surface area contributed by atoms with E-state index < -0.39 is 6.04 Å². The topological polar surface area (TPSA) is 70.7 Å². The maximum atomic E-state index is 13.1. The monoisotopic (exact) mass is 483 g/mol. The van der Waals surface area contributed by atoms with Gasteiger partial charge in [0.15, 0.2) is 5.11 Å². The van der Waals surface area contributed by atoms with E-state index in [1.807, 2.05) is 44.7 Å². The lowest BCUT2D eigenvalue weighted by molar-refractivity contribution is -0.140. The first kappa shape index (κ1) is 25.4. The average molecular weight is 484 g/mol. The predicted molar refractivity (Wildman–Crippen MR) is 135 cm³/mol. The zero-order valence-corrected chi connectivity index (χ0v) is 20.7. The van der Waals surface area contributed by atoms with Gasteiger partial charge in [-0.1, -0.05) is 38.1 Å². The van der Waals surface area contributed by atoms with Crippen LogP contribution >= 0.6 is 12.2 Å². The molecule has 8 heteroatoms.